The molecule has 0 fully saturated rings. The molecule has 7 nitrogen and oxygen atoms in total. The molecule has 0 saturated carbocycles. The molecular weight excluding hydrogens is 400 g/mol. The maximum Gasteiger partial charge on any atom is 0.260 e. The second kappa shape index (κ2) is 7.75. The van der Waals surface area contributed by atoms with E-state index in [4.69, 9.17) is 16.7 Å². The number of nitrogens with two attached hydrogens (primary N) is 1. The molecule has 0 aliphatic rings. The molecule has 0 bridgehead atoms. The summed E-state index contributed by atoms with van der Waals surface area (Å²) in [5.74, 6) is -0.481. The topological polar surface area (TPSA) is 107 Å². The average Bonchev–Trinajstić information content (AvgIpc) is 2.90. The van der Waals surface area contributed by atoms with Crippen molar-refractivity contribution in [1.29, 1.82) is 0 Å². The van der Waals surface area contributed by atoms with Crippen LogP contribution in [0.4, 0.5) is 5.69 Å². The van der Waals surface area contributed by atoms with Gasteiger partial charge in [0.15, 0.2) is 0 Å². The number of benzene rings is 2. The highest BCUT2D eigenvalue weighted by Crippen LogP contribution is 2.24. The van der Waals surface area contributed by atoms with Gasteiger partial charge < -0.3 is 5.32 Å². The molecular formula is C19H19ClN4O3S. The highest BCUT2D eigenvalue weighted by atomic mass is 35.5. The van der Waals surface area contributed by atoms with E-state index in [1.165, 1.54) is 6.07 Å². The Morgan fingerprint density at radius 3 is 2.50 bits per heavy atom. The minimum absolute atomic E-state index is 0.0482. The molecule has 3 rings (SSSR count). The summed E-state index contributed by atoms with van der Waals surface area (Å²) in [5, 5.41) is 12.4. The van der Waals surface area contributed by atoms with Crippen LogP contribution in [0.3, 0.4) is 0 Å². The number of carbonyl (C=O) groups is 1. The van der Waals surface area contributed by atoms with Crippen LogP contribution in [0.2, 0.25) is 5.15 Å². The molecule has 0 spiro atoms. The van der Waals surface area contributed by atoms with Crippen LogP contribution in [0.1, 0.15) is 27.2 Å². The van der Waals surface area contributed by atoms with E-state index < -0.39 is 15.9 Å². The first-order valence-corrected chi connectivity index (χ1v) is 10.3. The zero-order valence-electron chi connectivity index (χ0n) is 15.3. The van der Waals surface area contributed by atoms with Crippen LogP contribution in [0.5, 0.6) is 0 Å². The summed E-state index contributed by atoms with van der Waals surface area (Å²) >= 11 is 6.39. The van der Waals surface area contributed by atoms with Gasteiger partial charge in [0.05, 0.1) is 22.7 Å². The molecule has 0 saturated heterocycles. The van der Waals surface area contributed by atoms with Gasteiger partial charge in [-0.15, -0.1) is 0 Å². The van der Waals surface area contributed by atoms with Crippen molar-refractivity contribution in [2.75, 3.05) is 5.32 Å². The summed E-state index contributed by atoms with van der Waals surface area (Å²) < 4.78 is 24.9. The minimum atomic E-state index is -3.90. The molecule has 146 valence electrons. The first-order valence-electron chi connectivity index (χ1n) is 8.38. The highest BCUT2D eigenvalue weighted by Gasteiger charge is 2.21. The van der Waals surface area contributed by atoms with E-state index in [-0.39, 0.29) is 15.6 Å². The standard InChI is InChI=1S/C19H19ClN4O3S/c1-12-8-9-15(10-16(12)28(21,26)27)22-19(25)17-13(2)23-24(18(17)20)11-14-6-4-3-5-7-14/h3-10H,11H2,1-2H3,(H,22,25)(H2,21,26,27). The van der Waals surface area contributed by atoms with Gasteiger partial charge in [0.2, 0.25) is 10.0 Å². The number of carbonyl (C=O) groups excluding carboxylic acids is 1. The molecule has 3 aromatic rings. The van der Waals surface area contributed by atoms with Crippen molar-refractivity contribution in [3.63, 3.8) is 0 Å². The van der Waals surface area contributed by atoms with Gasteiger partial charge >= 0.3 is 0 Å². The van der Waals surface area contributed by atoms with E-state index in [0.29, 0.717) is 23.5 Å². The number of amides is 1. The van der Waals surface area contributed by atoms with Crippen LogP contribution >= 0.6 is 11.6 Å². The van der Waals surface area contributed by atoms with Crippen LogP contribution in [-0.2, 0) is 16.6 Å². The van der Waals surface area contributed by atoms with Crippen molar-refractivity contribution >= 4 is 33.2 Å². The van der Waals surface area contributed by atoms with E-state index in [1.54, 1.807) is 30.7 Å². The number of hydrogen-bond donors (Lipinski definition) is 2. The molecule has 3 N–H and O–H groups in total. The van der Waals surface area contributed by atoms with Crippen molar-refractivity contribution in [2.24, 2.45) is 5.14 Å². The second-order valence-electron chi connectivity index (χ2n) is 6.37. The predicted octanol–water partition coefficient (Wildman–Crippen LogP) is 3.10. The molecule has 0 aliphatic heterocycles. The van der Waals surface area contributed by atoms with Gasteiger partial charge in [-0.1, -0.05) is 48.0 Å². The van der Waals surface area contributed by atoms with Crippen LogP contribution in [-0.4, -0.2) is 24.1 Å². The largest absolute Gasteiger partial charge is 0.322 e. The number of halogens is 1. The molecule has 1 amide bonds. The van der Waals surface area contributed by atoms with Gasteiger partial charge in [0.25, 0.3) is 5.91 Å². The Bertz CT molecular complexity index is 1140. The summed E-state index contributed by atoms with van der Waals surface area (Å²) in [7, 11) is -3.90. The van der Waals surface area contributed by atoms with E-state index in [9.17, 15) is 13.2 Å². The Morgan fingerprint density at radius 1 is 1.18 bits per heavy atom. The van der Waals surface area contributed by atoms with Gasteiger partial charge in [0, 0.05) is 5.69 Å². The third-order valence-corrected chi connectivity index (χ3v) is 5.66. The van der Waals surface area contributed by atoms with Crippen LogP contribution in [0, 0.1) is 13.8 Å². The first-order chi connectivity index (χ1) is 13.2. The quantitative estimate of drug-likeness (QED) is 0.663. The van der Waals surface area contributed by atoms with Crippen molar-refractivity contribution in [3.05, 3.63) is 76.1 Å². The number of hydrogen-bond acceptors (Lipinski definition) is 4. The molecule has 1 aromatic heterocycles. The fraction of sp³-hybridized carbons (Fsp3) is 0.158. The Hall–Kier alpha value is -2.68. The van der Waals surface area contributed by atoms with Gasteiger partial charge in [-0.3, -0.25) is 4.79 Å². The Morgan fingerprint density at radius 2 is 1.86 bits per heavy atom. The van der Waals surface area contributed by atoms with Crippen molar-refractivity contribution in [3.8, 4) is 0 Å². The number of aromatic nitrogens is 2. The van der Waals surface area contributed by atoms with Crippen LogP contribution in [0.25, 0.3) is 0 Å². The van der Waals surface area contributed by atoms with Crippen LogP contribution in [0.15, 0.2) is 53.4 Å². The molecule has 0 radical (unpaired) electrons. The predicted molar refractivity (Wildman–Crippen MR) is 108 cm³/mol. The summed E-state index contributed by atoms with van der Waals surface area (Å²) in [6.07, 6.45) is 0. The first kappa shape index (κ1) is 20.1. The number of primary sulfonamides is 1. The maximum absolute atomic E-state index is 12.7. The average molecular weight is 419 g/mol. The number of nitrogens with one attached hydrogen (secondary N) is 1. The summed E-state index contributed by atoms with van der Waals surface area (Å²) in [6.45, 7) is 3.74. The van der Waals surface area contributed by atoms with E-state index in [2.05, 4.69) is 10.4 Å². The second-order valence-corrected chi connectivity index (χ2v) is 8.26. The summed E-state index contributed by atoms with van der Waals surface area (Å²) in [6, 6.07) is 14.1. The smallest absolute Gasteiger partial charge is 0.260 e. The molecule has 0 atom stereocenters. The maximum atomic E-state index is 12.7. The normalized spacial score (nSPS) is 11.4. The molecule has 28 heavy (non-hydrogen) atoms. The number of rotatable bonds is 5. The molecule has 1 heterocycles. The monoisotopic (exact) mass is 418 g/mol. The Balaban J connectivity index is 1.88. The fourth-order valence-corrected chi connectivity index (χ4v) is 3.98. The van der Waals surface area contributed by atoms with Crippen LogP contribution < -0.4 is 10.5 Å². The SMILES string of the molecule is Cc1ccc(NC(=O)c2c(C)nn(Cc3ccccc3)c2Cl)cc1S(N)(=O)=O. The number of nitrogens with zero attached hydrogens (tertiary/aromatic N) is 2. The number of aryl methyl sites for hydroxylation is 2. The lowest BCUT2D eigenvalue weighted by molar-refractivity contribution is 0.102. The molecule has 9 heteroatoms. The lowest BCUT2D eigenvalue weighted by Gasteiger charge is -2.09. The molecule has 0 aliphatic carbocycles. The Labute approximate surface area is 168 Å². The number of anilines is 1. The fourth-order valence-electron chi connectivity index (χ4n) is 2.85. The van der Waals surface area contributed by atoms with E-state index >= 15 is 0 Å². The summed E-state index contributed by atoms with van der Waals surface area (Å²) in [4.78, 5) is 12.7. The Kier molecular flexibility index (Phi) is 5.55. The third kappa shape index (κ3) is 4.24. The lowest BCUT2D eigenvalue weighted by atomic mass is 10.2. The van der Waals surface area contributed by atoms with Gasteiger partial charge in [0.1, 0.15) is 5.15 Å². The third-order valence-electron chi connectivity index (χ3n) is 4.22. The van der Waals surface area contributed by atoms with Gasteiger partial charge in [-0.25, -0.2) is 18.2 Å². The number of sulfonamides is 1. The molecule has 0 unspecified atom stereocenters. The summed E-state index contributed by atoms with van der Waals surface area (Å²) in [5.41, 5.74) is 2.49. The lowest BCUT2D eigenvalue weighted by Crippen LogP contribution is -2.16. The highest BCUT2D eigenvalue weighted by molar-refractivity contribution is 7.89. The van der Waals surface area contributed by atoms with Gasteiger partial charge in [-0.2, -0.15) is 5.10 Å². The van der Waals surface area contributed by atoms with Gasteiger partial charge in [-0.05, 0) is 37.1 Å². The minimum Gasteiger partial charge on any atom is -0.322 e. The van der Waals surface area contributed by atoms with Crippen molar-refractivity contribution in [2.45, 2.75) is 25.3 Å². The molecule has 2 aromatic carbocycles. The zero-order chi connectivity index (χ0) is 20.5. The van der Waals surface area contributed by atoms with E-state index in [1.807, 2.05) is 30.3 Å². The zero-order valence-corrected chi connectivity index (χ0v) is 16.9. The van der Waals surface area contributed by atoms with E-state index in [0.717, 1.165) is 5.56 Å². The van der Waals surface area contributed by atoms with Crippen molar-refractivity contribution < 1.29 is 13.2 Å². The van der Waals surface area contributed by atoms with Crippen molar-refractivity contribution in [1.82, 2.24) is 9.78 Å².